The molecule has 0 aromatic rings. The Labute approximate surface area is 161 Å². The van der Waals surface area contributed by atoms with Crippen LogP contribution in [0.25, 0.3) is 0 Å². The number of rotatable bonds is 21. The van der Waals surface area contributed by atoms with Crippen LogP contribution in [0.2, 0.25) is 0 Å². The van der Waals surface area contributed by atoms with Crippen molar-refractivity contribution in [1.82, 2.24) is 0 Å². The molecule has 0 aliphatic carbocycles. The third kappa shape index (κ3) is 20.4. The van der Waals surface area contributed by atoms with Crippen molar-refractivity contribution in [2.45, 2.75) is 103 Å². The van der Waals surface area contributed by atoms with Crippen molar-refractivity contribution in [1.29, 1.82) is 0 Å². The van der Waals surface area contributed by atoms with Crippen molar-refractivity contribution in [3.05, 3.63) is 0 Å². The zero-order valence-corrected chi connectivity index (χ0v) is 17.9. The Hall–Kier alpha value is 0.0700. The molecule has 0 fully saturated rings. The summed E-state index contributed by atoms with van der Waals surface area (Å²) in [6.45, 7) is 3.69. The Morgan fingerprint density at radius 1 is 0.654 bits per heavy atom. The van der Waals surface area contributed by atoms with Crippen LogP contribution in [0.1, 0.15) is 103 Å². The molecule has 5 nitrogen and oxygen atoms in total. The fourth-order valence-electron chi connectivity index (χ4n) is 2.91. The smallest absolute Gasteiger partial charge is 0.353 e. The summed E-state index contributed by atoms with van der Waals surface area (Å²) in [6.07, 6.45) is 18.6. The van der Waals surface area contributed by atoms with E-state index in [0.717, 1.165) is 13.0 Å². The molecular weight excluding hydrogens is 351 g/mol. The largest absolute Gasteiger partial charge is 0.384 e. The van der Waals surface area contributed by atoms with E-state index in [1.54, 1.807) is 0 Å². The first-order valence-electron chi connectivity index (χ1n) is 10.8. The summed E-state index contributed by atoms with van der Waals surface area (Å²) in [4.78, 5) is 9.01. The van der Waals surface area contributed by atoms with Gasteiger partial charge in [-0.15, -0.1) is 0 Å². The van der Waals surface area contributed by atoms with E-state index in [0.29, 0.717) is 13.0 Å². The van der Waals surface area contributed by atoms with Crippen molar-refractivity contribution in [2.75, 3.05) is 26.2 Å². The lowest BCUT2D eigenvalue weighted by Gasteiger charge is -2.09. The Balaban J connectivity index is 3.06. The maximum Gasteiger partial charge on any atom is 0.353 e. The highest BCUT2D eigenvalue weighted by molar-refractivity contribution is 7.52. The van der Waals surface area contributed by atoms with Crippen LogP contribution in [0.15, 0.2) is 0 Å². The van der Waals surface area contributed by atoms with Crippen LogP contribution < -0.4 is 0 Å². The molecule has 0 saturated carbocycles. The molecular formula is C20H43O5P. The summed E-state index contributed by atoms with van der Waals surface area (Å²) in [7, 11) is -3.77. The molecule has 158 valence electrons. The van der Waals surface area contributed by atoms with Crippen LogP contribution in [-0.4, -0.2) is 36.2 Å². The molecule has 0 aromatic heterocycles. The van der Waals surface area contributed by atoms with Gasteiger partial charge in [0.1, 0.15) is 6.35 Å². The fourth-order valence-corrected chi connectivity index (χ4v) is 3.41. The van der Waals surface area contributed by atoms with Crippen molar-refractivity contribution in [3.8, 4) is 0 Å². The highest BCUT2D eigenvalue weighted by Crippen LogP contribution is 2.40. The van der Waals surface area contributed by atoms with Gasteiger partial charge in [0.05, 0.1) is 6.61 Å². The molecule has 0 radical (unpaired) electrons. The SMILES string of the molecule is CCCCCCCCCCCCCCCCOCCCOP(=O)(O)CO. The minimum atomic E-state index is -3.77. The summed E-state index contributed by atoms with van der Waals surface area (Å²) in [6, 6.07) is 0. The van der Waals surface area contributed by atoms with Crippen LogP contribution in [0, 0.1) is 0 Å². The van der Waals surface area contributed by atoms with Crippen LogP contribution in [0.5, 0.6) is 0 Å². The average molecular weight is 395 g/mol. The van der Waals surface area contributed by atoms with Crippen molar-refractivity contribution in [2.24, 2.45) is 0 Å². The van der Waals surface area contributed by atoms with E-state index in [1.165, 1.54) is 83.5 Å². The zero-order chi connectivity index (χ0) is 19.3. The van der Waals surface area contributed by atoms with Crippen molar-refractivity contribution >= 4 is 7.60 Å². The van der Waals surface area contributed by atoms with E-state index in [4.69, 9.17) is 14.7 Å². The number of hydrogen-bond donors (Lipinski definition) is 2. The molecule has 1 unspecified atom stereocenters. The molecule has 1 atom stereocenters. The van der Waals surface area contributed by atoms with Gasteiger partial charge in [0.2, 0.25) is 0 Å². The molecule has 0 heterocycles. The average Bonchev–Trinajstić information content (AvgIpc) is 2.63. The molecule has 2 N–H and O–H groups in total. The minimum absolute atomic E-state index is 0.146. The second-order valence-corrected chi connectivity index (χ2v) is 8.99. The van der Waals surface area contributed by atoms with E-state index in [1.807, 2.05) is 0 Å². The highest BCUT2D eigenvalue weighted by Gasteiger charge is 2.16. The van der Waals surface area contributed by atoms with Gasteiger partial charge in [-0.05, 0) is 12.8 Å². The Bertz CT molecular complexity index is 325. The van der Waals surface area contributed by atoms with Gasteiger partial charge in [-0.3, -0.25) is 4.57 Å². The molecule has 0 bridgehead atoms. The molecule has 0 aliphatic heterocycles. The van der Waals surface area contributed by atoms with Crippen LogP contribution in [0.4, 0.5) is 0 Å². The summed E-state index contributed by atoms with van der Waals surface area (Å²) >= 11 is 0. The first-order chi connectivity index (χ1) is 12.6. The van der Waals surface area contributed by atoms with E-state index in [2.05, 4.69) is 11.4 Å². The number of hydrogen-bond acceptors (Lipinski definition) is 4. The topological polar surface area (TPSA) is 76.0 Å². The van der Waals surface area contributed by atoms with E-state index in [-0.39, 0.29) is 6.61 Å². The van der Waals surface area contributed by atoms with E-state index >= 15 is 0 Å². The predicted octanol–water partition coefficient (Wildman–Crippen LogP) is 6.03. The van der Waals surface area contributed by atoms with Gasteiger partial charge in [-0.1, -0.05) is 90.4 Å². The quantitative estimate of drug-likeness (QED) is 0.184. The molecule has 0 aromatic carbocycles. The van der Waals surface area contributed by atoms with E-state index < -0.39 is 13.9 Å². The lowest BCUT2D eigenvalue weighted by atomic mass is 10.0. The first-order valence-corrected chi connectivity index (χ1v) is 12.5. The van der Waals surface area contributed by atoms with Crippen LogP contribution in [0.3, 0.4) is 0 Å². The lowest BCUT2D eigenvalue weighted by molar-refractivity contribution is 0.112. The van der Waals surface area contributed by atoms with Crippen molar-refractivity contribution < 1.29 is 23.8 Å². The third-order valence-corrected chi connectivity index (χ3v) is 5.49. The molecule has 0 rings (SSSR count). The Morgan fingerprint density at radius 2 is 1.08 bits per heavy atom. The zero-order valence-electron chi connectivity index (χ0n) is 17.0. The van der Waals surface area contributed by atoms with Gasteiger partial charge in [-0.25, -0.2) is 0 Å². The predicted molar refractivity (Wildman–Crippen MR) is 109 cm³/mol. The van der Waals surface area contributed by atoms with Crippen LogP contribution in [-0.2, 0) is 13.8 Å². The third-order valence-electron chi connectivity index (χ3n) is 4.55. The maximum absolute atomic E-state index is 11.0. The molecule has 0 amide bonds. The maximum atomic E-state index is 11.0. The Morgan fingerprint density at radius 3 is 1.54 bits per heavy atom. The Kier molecular flexibility index (Phi) is 19.9. The summed E-state index contributed by atoms with van der Waals surface area (Å²) in [5, 5.41) is 8.58. The normalized spacial score (nSPS) is 13.8. The summed E-state index contributed by atoms with van der Waals surface area (Å²) in [5.41, 5.74) is 0. The highest BCUT2D eigenvalue weighted by atomic mass is 31.2. The summed E-state index contributed by atoms with van der Waals surface area (Å²) in [5.74, 6) is 0. The number of aliphatic hydroxyl groups is 1. The van der Waals surface area contributed by atoms with Gasteiger partial charge in [0.25, 0.3) is 0 Å². The van der Waals surface area contributed by atoms with Gasteiger partial charge in [0, 0.05) is 13.2 Å². The van der Waals surface area contributed by atoms with Gasteiger partial charge in [-0.2, -0.15) is 0 Å². The number of aliphatic hydroxyl groups excluding tert-OH is 1. The molecule has 0 saturated heterocycles. The second kappa shape index (κ2) is 19.8. The fraction of sp³-hybridized carbons (Fsp3) is 1.00. The van der Waals surface area contributed by atoms with E-state index in [9.17, 15) is 4.57 Å². The summed E-state index contributed by atoms with van der Waals surface area (Å²) < 4.78 is 21.2. The molecule has 0 spiro atoms. The van der Waals surface area contributed by atoms with Gasteiger partial charge >= 0.3 is 7.60 Å². The monoisotopic (exact) mass is 394 g/mol. The standard InChI is InChI=1S/C20H43O5P/c1-2-3-4-5-6-7-8-9-10-11-12-13-14-15-17-24-18-16-19-25-26(22,23)20-21/h21H,2-20H2,1H3,(H,22,23). The second-order valence-electron chi connectivity index (χ2n) is 7.17. The minimum Gasteiger partial charge on any atom is -0.384 e. The molecule has 0 aliphatic rings. The molecule has 6 heteroatoms. The van der Waals surface area contributed by atoms with Gasteiger partial charge < -0.3 is 19.3 Å². The number of unbranched alkanes of at least 4 members (excludes halogenated alkanes) is 13. The first kappa shape index (κ1) is 26.1. The number of ether oxygens (including phenoxy) is 1. The van der Waals surface area contributed by atoms with Gasteiger partial charge in [0.15, 0.2) is 0 Å². The molecule has 26 heavy (non-hydrogen) atoms. The van der Waals surface area contributed by atoms with Crippen LogP contribution >= 0.6 is 7.60 Å². The lowest BCUT2D eigenvalue weighted by Crippen LogP contribution is -2.02. The van der Waals surface area contributed by atoms with Crippen molar-refractivity contribution in [3.63, 3.8) is 0 Å².